The maximum atomic E-state index is 8.92. The molecule has 104 valence electrons. The Hall–Kier alpha value is -2.00. The predicted molar refractivity (Wildman–Crippen MR) is 82.8 cm³/mol. The van der Waals surface area contributed by atoms with E-state index in [9.17, 15) is 0 Å². The fourth-order valence-corrected chi connectivity index (χ4v) is 2.89. The minimum absolute atomic E-state index is 0.199. The van der Waals surface area contributed by atoms with Crippen LogP contribution >= 0.6 is 0 Å². The molecule has 3 heteroatoms. The monoisotopic (exact) mass is 268 g/mol. The van der Waals surface area contributed by atoms with Crippen LogP contribution in [0.1, 0.15) is 29.2 Å². The lowest BCUT2D eigenvalue weighted by atomic mass is 10.1. The van der Waals surface area contributed by atoms with Gasteiger partial charge in [0.2, 0.25) is 0 Å². The van der Waals surface area contributed by atoms with Crippen molar-refractivity contribution in [3.63, 3.8) is 0 Å². The number of anilines is 2. The summed E-state index contributed by atoms with van der Waals surface area (Å²) in [6, 6.07) is 14.9. The summed E-state index contributed by atoms with van der Waals surface area (Å²) in [5.74, 6) is 0. The van der Waals surface area contributed by atoms with Crippen molar-refractivity contribution in [1.29, 1.82) is 0 Å². The van der Waals surface area contributed by atoms with E-state index in [1.54, 1.807) is 0 Å². The van der Waals surface area contributed by atoms with E-state index in [1.807, 2.05) is 6.07 Å². The van der Waals surface area contributed by atoms with Gasteiger partial charge in [-0.1, -0.05) is 18.2 Å². The van der Waals surface area contributed by atoms with E-state index in [0.717, 1.165) is 29.8 Å². The van der Waals surface area contributed by atoms with Crippen LogP contribution < -0.4 is 11.1 Å². The Morgan fingerprint density at radius 2 is 1.95 bits per heavy atom. The summed E-state index contributed by atoms with van der Waals surface area (Å²) in [5, 5.41) is 12.5. The zero-order valence-electron chi connectivity index (χ0n) is 11.5. The second kappa shape index (κ2) is 5.55. The molecule has 20 heavy (non-hydrogen) atoms. The third-order valence-corrected chi connectivity index (χ3v) is 3.94. The van der Waals surface area contributed by atoms with E-state index in [-0.39, 0.29) is 6.61 Å². The maximum Gasteiger partial charge on any atom is 0.0519 e. The SMILES string of the molecule is Nc1ccc2c(c1)CCC2Nc1ccc(CCO)cc1. The number of nitrogens with one attached hydrogen (secondary N) is 1. The molecule has 2 aromatic rings. The van der Waals surface area contributed by atoms with Gasteiger partial charge in [-0.3, -0.25) is 0 Å². The molecule has 0 aromatic heterocycles. The third-order valence-electron chi connectivity index (χ3n) is 3.94. The number of rotatable bonds is 4. The number of nitrogens with two attached hydrogens (primary N) is 1. The van der Waals surface area contributed by atoms with E-state index < -0.39 is 0 Å². The van der Waals surface area contributed by atoms with Crippen LogP contribution in [0.15, 0.2) is 42.5 Å². The highest BCUT2D eigenvalue weighted by Crippen LogP contribution is 2.34. The molecule has 0 amide bonds. The highest BCUT2D eigenvalue weighted by Gasteiger charge is 2.22. The molecule has 0 saturated carbocycles. The summed E-state index contributed by atoms with van der Waals surface area (Å²) in [6.45, 7) is 0.199. The number of aryl methyl sites for hydroxylation is 1. The smallest absolute Gasteiger partial charge is 0.0519 e. The minimum Gasteiger partial charge on any atom is -0.399 e. The number of fused-ring (bicyclic) bond motifs is 1. The molecule has 2 aromatic carbocycles. The van der Waals surface area contributed by atoms with Crippen LogP contribution in [0.25, 0.3) is 0 Å². The van der Waals surface area contributed by atoms with Crippen molar-refractivity contribution in [2.75, 3.05) is 17.7 Å². The van der Waals surface area contributed by atoms with Crippen LogP contribution in [-0.4, -0.2) is 11.7 Å². The van der Waals surface area contributed by atoms with Crippen molar-refractivity contribution >= 4 is 11.4 Å². The van der Waals surface area contributed by atoms with Crippen molar-refractivity contribution in [2.24, 2.45) is 0 Å². The van der Waals surface area contributed by atoms with Crippen molar-refractivity contribution in [2.45, 2.75) is 25.3 Å². The molecule has 0 saturated heterocycles. The second-order valence-electron chi connectivity index (χ2n) is 5.36. The summed E-state index contributed by atoms with van der Waals surface area (Å²) in [4.78, 5) is 0. The van der Waals surface area contributed by atoms with Gasteiger partial charge in [0.1, 0.15) is 0 Å². The Labute approximate surface area is 119 Å². The van der Waals surface area contributed by atoms with Crippen LogP contribution in [0.5, 0.6) is 0 Å². The van der Waals surface area contributed by atoms with Gasteiger partial charge in [-0.25, -0.2) is 0 Å². The fraction of sp³-hybridized carbons (Fsp3) is 0.294. The average Bonchev–Trinajstić information content (AvgIpc) is 2.83. The van der Waals surface area contributed by atoms with Gasteiger partial charge in [-0.05, 0) is 60.2 Å². The van der Waals surface area contributed by atoms with Gasteiger partial charge in [0.25, 0.3) is 0 Å². The van der Waals surface area contributed by atoms with Gasteiger partial charge >= 0.3 is 0 Å². The summed E-state index contributed by atoms with van der Waals surface area (Å²) >= 11 is 0. The van der Waals surface area contributed by atoms with E-state index in [4.69, 9.17) is 10.8 Å². The number of benzene rings is 2. The van der Waals surface area contributed by atoms with Crippen LogP contribution in [0.4, 0.5) is 11.4 Å². The van der Waals surface area contributed by atoms with Crippen LogP contribution in [0.2, 0.25) is 0 Å². The Bertz CT molecular complexity index is 592. The number of aliphatic hydroxyl groups is 1. The lowest BCUT2D eigenvalue weighted by Gasteiger charge is -2.16. The molecule has 4 N–H and O–H groups in total. The minimum atomic E-state index is 0.199. The Morgan fingerprint density at radius 3 is 2.70 bits per heavy atom. The number of nitrogen functional groups attached to an aromatic ring is 1. The zero-order chi connectivity index (χ0) is 13.9. The van der Waals surface area contributed by atoms with Gasteiger partial charge in [0.05, 0.1) is 6.04 Å². The van der Waals surface area contributed by atoms with Gasteiger partial charge in [0.15, 0.2) is 0 Å². The molecular formula is C17H20N2O. The third kappa shape index (κ3) is 2.63. The molecule has 0 aliphatic heterocycles. The first-order valence-electron chi connectivity index (χ1n) is 7.11. The fourth-order valence-electron chi connectivity index (χ4n) is 2.89. The molecular weight excluding hydrogens is 248 g/mol. The summed E-state index contributed by atoms with van der Waals surface area (Å²) in [7, 11) is 0. The average molecular weight is 268 g/mol. The van der Waals surface area contributed by atoms with Gasteiger partial charge in [0, 0.05) is 18.0 Å². The van der Waals surface area contributed by atoms with Crippen LogP contribution in [0.3, 0.4) is 0 Å². The van der Waals surface area contributed by atoms with E-state index in [2.05, 4.69) is 41.7 Å². The molecule has 1 unspecified atom stereocenters. The quantitative estimate of drug-likeness (QED) is 0.747. The molecule has 1 aliphatic rings. The number of hydrogen-bond acceptors (Lipinski definition) is 3. The summed E-state index contributed by atoms with van der Waals surface area (Å²) < 4.78 is 0. The highest BCUT2D eigenvalue weighted by molar-refractivity contribution is 5.52. The van der Waals surface area contributed by atoms with E-state index in [1.165, 1.54) is 11.1 Å². The Balaban J connectivity index is 1.73. The van der Waals surface area contributed by atoms with Gasteiger partial charge in [-0.2, -0.15) is 0 Å². The predicted octanol–water partition coefficient (Wildman–Crippen LogP) is 2.90. The zero-order valence-corrected chi connectivity index (χ0v) is 11.5. The first-order valence-corrected chi connectivity index (χ1v) is 7.11. The van der Waals surface area contributed by atoms with Gasteiger partial charge < -0.3 is 16.2 Å². The van der Waals surface area contributed by atoms with Crippen molar-refractivity contribution in [3.05, 3.63) is 59.2 Å². The molecule has 1 atom stereocenters. The van der Waals surface area contributed by atoms with Crippen LogP contribution in [0, 0.1) is 0 Å². The summed E-state index contributed by atoms with van der Waals surface area (Å²) in [5.41, 5.74) is 11.7. The second-order valence-corrected chi connectivity index (χ2v) is 5.36. The molecule has 0 spiro atoms. The van der Waals surface area contributed by atoms with Crippen molar-refractivity contribution in [1.82, 2.24) is 0 Å². The number of aliphatic hydroxyl groups excluding tert-OH is 1. The van der Waals surface area contributed by atoms with E-state index in [0.29, 0.717) is 12.5 Å². The molecule has 0 fully saturated rings. The molecule has 1 aliphatic carbocycles. The Kier molecular flexibility index (Phi) is 3.61. The first kappa shape index (κ1) is 13.0. The van der Waals surface area contributed by atoms with Crippen molar-refractivity contribution < 1.29 is 5.11 Å². The topological polar surface area (TPSA) is 58.3 Å². The first-order chi connectivity index (χ1) is 9.76. The maximum absolute atomic E-state index is 8.92. The Morgan fingerprint density at radius 1 is 1.15 bits per heavy atom. The molecule has 0 heterocycles. The molecule has 3 nitrogen and oxygen atoms in total. The molecule has 3 rings (SSSR count). The molecule has 0 radical (unpaired) electrons. The molecule has 0 bridgehead atoms. The van der Waals surface area contributed by atoms with Crippen LogP contribution in [-0.2, 0) is 12.8 Å². The normalized spacial score (nSPS) is 16.9. The van der Waals surface area contributed by atoms with Crippen molar-refractivity contribution in [3.8, 4) is 0 Å². The number of hydrogen-bond donors (Lipinski definition) is 3. The van der Waals surface area contributed by atoms with E-state index >= 15 is 0 Å². The lowest BCUT2D eigenvalue weighted by Crippen LogP contribution is -2.07. The summed E-state index contributed by atoms with van der Waals surface area (Å²) in [6.07, 6.45) is 2.91. The van der Waals surface area contributed by atoms with Gasteiger partial charge in [-0.15, -0.1) is 0 Å². The standard InChI is InChI=1S/C17H20N2O/c18-14-4-7-16-13(11-14)3-8-17(16)19-15-5-1-12(2-6-15)9-10-20/h1-2,4-7,11,17,19-20H,3,8-10,18H2. The highest BCUT2D eigenvalue weighted by atomic mass is 16.2. The lowest BCUT2D eigenvalue weighted by molar-refractivity contribution is 0.299. The largest absolute Gasteiger partial charge is 0.399 e.